The predicted molar refractivity (Wildman–Crippen MR) is 114 cm³/mol. The average molecular weight is 401 g/mol. The molecule has 0 spiro atoms. The summed E-state index contributed by atoms with van der Waals surface area (Å²) < 4.78 is 13.7. The smallest absolute Gasteiger partial charge is 0.300 e. The highest BCUT2D eigenvalue weighted by Gasteiger charge is 2.46. The fourth-order valence-electron chi connectivity index (χ4n) is 3.79. The van der Waals surface area contributed by atoms with E-state index in [1.54, 1.807) is 31.2 Å². The number of ketones is 1. The number of carbonyl (C=O) groups is 2. The minimum absolute atomic E-state index is 0.0135. The number of amides is 1. The number of aliphatic hydroxyl groups is 1. The van der Waals surface area contributed by atoms with Gasteiger partial charge in [0.25, 0.3) is 11.7 Å². The van der Waals surface area contributed by atoms with Gasteiger partial charge < -0.3 is 5.11 Å². The number of para-hydroxylation sites is 1. The van der Waals surface area contributed by atoms with Crippen LogP contribution in [0.15, 0.2) is 78.4 Å². The van der Waals surface area contributed by atoms with Gasteiger partial charge in [0.05, 0.1) is 11.6 Å². The van der Waals surface area contributed by atoms with E-state index in [9.17, 15) is 19.1 Å². The first kappa shape index (κ1) is 19.6. The van der Waals surface area contributed by atoms with Gasteiger partial charge in [0.15, 0.2) is 0 Å². The fraction of sp³-hybridized carbons (Fsp3) is 0.120. The number of halogens is 1. The molecule has 1 heterocycles. The first-order chi connectivity index (χ1) is 14.4. The third-order valence-corrected chi connectivity index (χ3v) is 5.27. The number of nitrogens with zero attached hydrogens (tertiary/aromatic N) is 1. The number of rotatable bonds is 3. The molecule has 0 saturated carbocycles. The van der Waals surface area contributed by atoms with Crippen LogP contribution in [-0.2, 0) is 9.59 Å². The van der Waals surface area contributed by atoms with Crippen LogP contribution in [0.4, 0.5) is 10.1 Å². The number of benzene rings is 3. The molecule has 1 saturated heterocycles. The molecule has 5 heteroatoms. The van der Waals surface area contributed by atoms with E-state index < -0.39 is 23.5 Å². The Hall–Kier alpha value is -3.73. The van der Waals surface area contributed by atoms with Crippen molar-refractivity contribution in [1.29, 1.82) is 0 Å². The van der Waals surface area contributed by atoms with E-state index in [1.165, 1.54) is 23.1 Å². The summed E-state index contributed by atoms with van der Waals surface area (Å²) in [6.07, 6.45) is 0. The lowest BCUT2D eigenvalue weighted by molar-refractivity contribution is -0.132. The van der Waals surface area contributed by atoms with Gasteiger partial charge in [-0.1, -0.05) is 48.0 Å². The van der Waals surface area contributed by atoms with Gasteiger partial charge in [0.1, 0.15) is 11.6 Å². The second-order valence-corrected chi connectivity index (χ2v) is 7.38. The zero-order chi connectivity index (χ0) is 21.4. The maximum atomic E-state index is 13.7. The number of Topliss-reactive ketones (excluding diaryl/α,β-unsaturated/α-hetero) is 1. The lowest BCUT2D eigenvalue weighted by atomic mass is 9.94. The maximum absolute atomic E-state index is 13.7. The molecule has 1 aliphatic heterocycles. The monoisotopic (exact) mass is 401 g/mol. The van der Waals surface area contributed by atoms with Crippen molar-refractivity contribution in [3.63, 3.8) is 0 Å². The number of hydrogen-bond acceptors (Lipinski definition) is 3. The lowest BCUT2D eigenvalue weighted by Crippen LogP contribution is -2.29. The first-order valence-electron chi connectivity index (χ1n) is 9.57. The molecule has 1 amide bonds. The van der Waals surface area contributed by atoms with Crippen LogP contribution in [0.2, 0.25) is 0 Å². The highest BCUT2D eigenvalue weighted by Crippen LogP contribution is 2.42. The highest BCUT2D eigenvalue weighted by atomic mass is 19.1. The summed E-state index contributed by atoms with van der Waals surface area (Å²) in [5, 5.41) is 11.0. The molecular weight excluding hydrogens is 381 g/mol. The van der Waals surface area contributed by atoms with Crippen molar-refractivity contribution in [3.8, 4) is 0 Å². The number of aliphatic hydroxyl groups excluding tert-OH is 1. The predicted octanol–water partition coefficient (Wildman–Crippen LogP) is 5.07. The van der Waals surface area contributed by atoms with Crippen molar-refractivity contribution >= 4 is 23.1 Å². The SMILES string of the molecule is Cc1cccc(C2/C(=C(/O)c3ccc(F)c(C)c3)C(=O)C(=O)N2c2ccccc2)c1. The van der Waals surface area contributed by atoms with E-state index in [1.807, 2.05) is 37.3 Å². The Balaban J connectivity index is 1.96. The van der Waals surface area contributed by atoms with Crippen LogP contribution >= 0.6 is 0 Å². The van der Waals surface area contributed by atoms with Crippen LogP contribution in [0.5, 0.6) is 0 Å². The van der Waals surface area contributed by atoms with E-state index in [0.29, 0.717) is 16.8 Å². The van der Waals surface area contributed by atoms with Crippen LogP contribution in [0.3, 0.4) is 0 Å². The van der Waals surface area contributed by atoms with Crippen molar-refractivity contribution < 1.29 is 19.1 Å². The van der Waals surface area contributed by atoms with Crippen LogP contribution < -0.4 is 4.90 Å². The molecule has 30 heavy (non-hydrogen) atoms. The number of carbonyl (C=O) groups excluding carboxylic acids is 2. The fourth-order valence-corrected chi connectivity index (χ4v) is 3.79. The van der Waals surface area contributed by atoms with Gasteiger partial charge in [-0.2, -0.15) is 0 Å². The maximum Gasteiger partial charge on any atom is 0.300 e. The van der Waals surface area contributed by atoms with E-state index >= 15 is 0 Å². The first-order valence-corrected chi connectivity index (χ1v) is 9.57. The largest absolute Gasteiger partial charge is 0.507 e. The molecule has 4 rings (SSSR count). The Morgan fingerprint density at radius 3 is 2.33 bits per heavy atom. The van der Waals surface area contributed by atoms with E-state index in [4.69, 9.17) is 0 Å². The molecule has 1 atom stereocenters. The molecule has 0 aromatic heterocycles. The Kier molecular flexibility index (Phi) is 4.96. The molecule has 1 aliphatic rings. The van der Waals surface area contributed by atoms with E-state index in [0.717, 1.165) is 5.56 Å². The number of anilines is 1. The molecule has 1 unspecified atom stereocenters. The number of aryl methyl sites for hydroxylation is 2. The Bertz CT molecular complexity index is 1180. The molecule has 0 aliphatic carbocycles. The minimum atomic E-state index is -0.794. The third-order valence-electron chi connectivity index (χ3n) is 5.27. The lowest BCUT2D eigenvalue weighted by Gasteiger charge is -2.25. The molecule has 4 nitrogen and oxygen atoms in total. The Morgan fingerprint density at radius 2 is 1.67 bits per heavy atom. The average Bonchev–Trinajstić information content (AvgIpc) is 3.01. The normalized spacial score (nSPS) is 18.1. The van der Waals surface area contributed by atoms with Gasteiger partial charge in [0, 0.05) is 11.3 Å². The van der Waals surface area contributed by atoms with Gasteiger partial charge in [-0.15, -0.1) is 0 Å². The van der Waals surface area contributed by atoms with Crippen LogP contribution in [-0.4, -0.2) is 16.8 Å². The third kappa shape index (κ3) is 3.28. The standard InChI is InChI=1S/C25H20FNO3/c1-15-7-6-8-17(13-15)22-21(23(28)18-11-12-20(26)16(2)14-18)24(29)25(30)27(22)19-9-4-3-5-10-19/h3-14,22,28H,1-2H3/b23-21-. The molecule has 0 bridgehead atoms. The molecule has 1 N–H and O–H groups in total. The molecule has 150 valence electrons. The van der Waals surface area contributed by atoms with Crippen molar-refractivity contribution in [2.24, 2.45) is 0 Å². The molecule has 3 aromatic rings. The summed E-state index contributed by atoms with van der Waals surface area (Å²) in [7, 11) is 0. The molecule has 1 fully saturated rings. The van der Waals surface area contributed by atoms with Crippen LogP contribution in [0.1, 0.15) is 28.3 Å². The molecule has 3 aromatic carbocycles. The minimum Gasteiger partial charge on any atom is -0.507 e. The van der Waals surface area contributed by atoms with Crippen LogP contribution in [0.25, 0.3) is 5.76 Å². The Morgan fingerprint density at radius 1 is 0.933 bits per heavy atom. The van der Waals surface area contributed by atoms with Gasteiger partial charge in [-0.25, -0.2) is 4.39 Å². The zero-order valence-corrected chi connectivity index (χ0v) is 16.6. The van der Waals surface area contributed by atoms with Gasteiger partial charge in [-0.05, 0) is 55.3 Å². The summed E-state index contributed by atoms with van der Waals surface area (Å²) in [6.45, 7) is 3.49. The summed E-state index contributed by atoms with van der Waals surface area (Å²) in [4.78, 5) is 27.5. The summed E-state index contributed by atoms with van der Waals surface area (Å²) >= 11 is 0. The summed E-state index contributed by atoms with van der Waals surface area (Å²) in [5.74, 6) is -2.22. The van der Waals surface area contributed by atoms with Crippen molar-refractivity contribution in [2.45, 2.75) is 19.9 Å². The Labute approximate surface area is 173 Å². The summed E-state index contributed by atoms with van der Waals surface area (Å²) in [6, 6.07) is 19.7. The molecule has 0 radical (unpaired) electrons. The molecular formula is C25H20FNO3. The highest BCUT2D eigenvalue weighted by molar-refractivity contribution is 6.51. The summed E-state index contributed by atoms with van der Waals surface area (Å²) in [5.41, 5.74) is 2.84. The van der Waals surface area contributed by atoms with Crippen molar-refractivity contribution in [2.75, 3.05) is 4.90 Å². The topological polar surface area (TPSA) is 57.6 Å². The van der Waals surface area contributed by atoms with Gasteiger partial charge in [0.2, 0.25) is 0 Å². The van der Waals surface area contributed by atoms with Crippen LogP contribution in [0, 0.1) is 19.7 Å². The second-order valence-electron chi connectivity index (χ2n) is 7.38. The van der Waals surface area contributed by atoms with Gasteiger partial charge >= 0.3 is 0 Å². The van der Waals surface area contributed by atoms with Gasteiger partial charge in [-0.3, -0.25) is 14.5 Å². The van der Waals surface area contributed by atoms with Crippen molar-refractivity contribution in [3.05, 3.63) is 106 Å². The van der Waals surface area contributed by atoms with Crippen molar-refractivity contribution in [1.82, 2.24) is 0 Å². The van der Waals surface area contributed by atoms with E-state index in [-0.39, 0.29) is 16.9 Å². The number of hydrogen-bond donors (Lipinski definition) is 1. The quantitative estimate of drug-likeness (QED) is 0.379. The second kappa shape index (κ2) is 7.59. The zero-order valence-electron chi connectivity index (χ0n) is 16.6. The van der Waals surface area contributed by atoms with E-state index in [2.05, 4.69) is 0 Å².